The predicted molar refractivity (Wildman–Crippen MR) is 27.8 cm³/mol. The summed E-state index contributed by atoms with van der Waals surface area (Å²) in [7, 11) is 0. The van der Waals surface area contributed by atoms with E-state index in [0.717, 1.165) is 6.42 Å². The maximum absolute atomic E-state index is 3.49. The average Bonchev–Trinajstić information content (AvgIpc) is 0.918. The topological polar surface area (TPSA) is 0 Å². The molecule has 0 amide bonds. The largest absolute Gasteiger partial charge is 2.00 e. The van der Waals surface area contributed by atoms with Crippen molar-refractivity contribution in [2.24, 2.45) is 0 Å². The van der Waals surface area contributed by atoms with Crippen molar-refractivity contribution in [3.8, 4) is 0 Å². The van der Waals surface area contributed by atoms with Crippen LogP contribution in [0.2, 0.25) is 0 Å². The van der Waals surface area contributed by atoms with E-state index >= 15 is 0 Å². The van der Waals surface area contributed by atoms with Crippen molar-refractivity contribution >= 4 is 45.5 Å². The predicted octanol–water partition coefficient (Wildman–Crippen LogP) is 1.30. The van der Waals surface area contributed by atoms with Crippen LogP contribution in [0.3, 0.4) is 0 Å². The average molecular weight is 146 g/mol. The minimum Gasteiger partial charge on any atom is -0.358 e. The number of rotatable bonds is 0. The Balaban J connectivity index is -0.0000000200. The smallest absolute Gasteiger partial charge is 0.358 e. The summed E-state index contributed by atoms with van der Waals surface area (Å²) in [6.45, 7) is 5.50. The molecule has 0 atom stereocenters. The van der Waals surface area contributed by atoms with E-state index in [-0.39, 0.29) is 52.9 Å². The van der Waals surface area contributed by atoms with Gasteiger partial charge < -0.3 is 14.4 Å². The van der Waals surface area contributed by atoms with Gasteiger partial charge in [0.2, 0.25) is 0 Å². The van der Waals surface area contributed by atoms with Crippen LogP contribution in [0.25, 0.3) is 0 Å². The van der Waals surface area contributed by atoms with Gasteiger partial charge in [0.1, 0.15) is 0 Å². The van der Waals surface area contributed by atoms with E-state index < -0.39 is 0 Å². The normalized spacial score (nSPS) is 3.60. The summed E-state index contributed by atoms with van der Waals surface area (Å²) in [6.07, 6.45) is 1.00. The van der Waals surface area contributed by atoms with Crippen LogP contribution in [0.15, 0.2) is 0 Å². The Bertz CT molecular complexity index is 3.61. The number of hydrogen-bond acceptors (Lipinski definition) is 0. The maximum atomic E-state index is 3.49. The molecule has 0 heterocycles. The minimum atomic E-state index is 0. The monoisotopic (exact) mass is 146 g/mol. The molecule has 0 radical (unpaired) electrons. The second-order valence-electron chi connectivity index (χ2n) is 0.500. The van der Waals surface area contributed by atoms with E-state index in [1.165, 1.54) is 0 Å². The maximum Gasteiger partial charge on any atom is 2.00 e. The molecule has 0 aromatic heterocycles. The van der Waals surface area contributed by atoms with Gasteiger partial charge in [-0.05, 0) is 0 Å². The summed E-state index contributed by atoms with van der Waals surface area (Å²) >= 11 is 0. The fraction of sp³-hybridized carbons (Fsp3) is 0.500. The third-order valence-corrected chi connectivity index (χ3v) is 0. The molecule has 0 saturated heterocycles. The van der Waals surface area contributed by atoms with Crippen LogP contribution in [0.1, 0.15) is 13.3 Å². The Morgan fingerprint density at radius 1 is 1.60 bits per heavy atom. The first kappa shape index (κ1) is 16.1. The summed E-state index contributed by atoms with van der Waals surface area (Å²) in [5.41, 5.74) is 0. The van der Waals surface area contributed by atoms with Gasteiger partial charge in [0.15, 0.2) is 0 Å². The fourth-order valence-corrected chi connectivity index (χ4v) is 0. The van der Waals surface area contributed by atoms with Gasteiger partial charge in [-0.15, -0.1) is 0 Å². The molecule has 0 aliphatic heterocycles. The van der Waals surface area contributed by atoms with Crippen LogP contribution in [0, 0.1) is 14.4 Å². The Kier molecular flexibility index (Phi) is 57.5. The third-order valence-electron chi connectivity index (χ3n) is 0. The van der Waals surface area contributed by atoms with E-state index in [0.29, 0.717) is 0 Å². The van der Waals surface area contributed by atoms with Crippen LogP contribution in [0.5, 0.6) is 0 Å². The molecule has 0 bridgehead atoms. The second-order valence-corrected chi connectivity index (χ2v) is 0.500. The molecule has 0 aliphatic rings. The zero-order chi connectivity index (χ0) is 2.71. The van der Waals surface area contributed by atoms with Gasteiger partial charge in [0, 0.05) is 0 Å². The zero-order valence-electron chi connectivity index (χ0n) is 4.12. The van der Waals surface area contributed by atoms with Crippen molar-refractivity contribution in [3.05, 3.63) is 14.4 Å². The molecule has 1 heteroatoms. The molecule has 0 aromatic carbocycles. The Hall–Kier alpha value is 1.48. The summed E-state index contributed by atoms with van der Waals surface area (Å²) in [6, 6.07) is 0. The van der Waals surface area contributed by atoms with Gasteiger partial charge in [-0.25, -0.2) is 0 Å². The molecule has 5 heavy (non-hydrogen) atoms. The molecule has 0 fully saturated rings. The summed E-state index contributed by atoms with van der Waals surface area (Å²) in [5, 5.41) is 0. The molecule has 0 nitrogen and oxygen atoms in total. The molecule has 0 aliphatic carbocycles. The van der Waals surface area contributed by atoms with Gasteiger partial charge in [-0.3, -0.25) is 0 Å². The van der Waals surface area contributed by atoms with Gasteiger partial charge in [0.05, 0.1) is 0 Å². The molecule has 0 N–H and O–H groups in total. The standard InChI is InChI=1S/C3H7.CH3.Sr/c1-3-2;;/h1,3H2,2H3;1H3;/q2*-1;+2. The van der Waals surface area contributed by atoms with Crippen molar-refractivity contribution < 1.29 is 0 Å². The van der Waals surface area contributed by atoms with Crippen LogP contribution < -0.4 is 0 Å². The molecule has 0 spiro atoms. The first-order valence-electron chi connectivity index (χ1n) is 1.21. The molecule has 0 rings (SSSR count). The SMILES string of the molecule is [CH2-]CC.[CH3-].[Sr+2]. The third kappa shape index (κ3) is 30.3. The van der Waals surface area contributed by atoms with Crippen molar-refractivity contribution in [1.29, 1.82) is 0 Å². The number of hydrogen-bond donors (Lipinski definition) is 0. The molecule has 0 aromatic rings. The second kappa shape index (κ2) is 17.9. The molecular formula is C4H10Sr. The fourth-order valence-electron chi connectivity index (χ4n) is 0. The van der Waals surface area contributed by atoms with Crippen molar-refractivity contribution in [2.75, 3.05) is 0 Å². The van der Waals surface area contributed by atoms with Gasteiger partial charge >= 0.3 is 45.5 Å². The zero-order valence-corrected chi connectivity index (χ0v) is 7.60. The first-order valence-corrected chi connectivity index (χ1v) is 1.21. The van der Waals surface area contributed by atoms with Crippen LogP contribution in [-0.4, -0.2) is 45.5 Å². The van der Waals surface area contributed by atoms with Crippen molar-refractivity contribution in [2.45, 2.75) is 13.3 Å². The van der Waals surface area contributed by atoms with Crippen LogP contribution in [0.4, 0.5) is 0 Å². The van der Waals surface area contributed by atoms with E-state index in [4.69, 9.17) is 0 Å². The van der Waals surface area contributed by atoms with E-state index in [1.54, 1.807) is 0 Å². The minimum absolute atomic E-state index is 0. The molecular weight excluding hydrogens is 136 g/mol. The van der Waals surface area contributed by atoms with Gasteiger partial charge in [-0.2, -0.15) is 6.42 Å². The Morgan fingerprint density at radius 3 is 1.60 bits per heavy atom. The van der Waals surface area contributed by atoms with Gasteiger partial charge in [-0.1, -0.05) is 6.92 Å². The summed E-state index contributed by atoms with van der Waals surface area (Å²) in [5.74, 6) is 0. The Morgan fingerprint density at radius 2 is 1.60 bits per heavy atom. The van der Waals surface area contributed by atoms with Crippen molar-refractivity contribution in [3.63, 3.8) is 0 Å². The summed E-state index contributed by atoms with van der Waals surface area (Å²) < 4.78 is 0. The van der Waals surface area contributed by atoms with Gasteiger partial charge in [0.25, 0.3) is 0 Å². The Labute approximate surface area is 72.2 Å². The van der Waals surface area contributed by atoms with E-state index in [9.17, 15) is 0 Å². The van der Waals surface area contributed by atoms with E-state index in [1.807, 2.05) is 6.92 Å². The molecule has 0 unspecified atom stereocenters. The molecule has 28 valence electrons. The summed E-state index contributed by atoms with van der Waals surface area (Å²) in [4.78, 5) is 0. The molecule has 0 saturated carbocycles. The first-order chi connectivity index (χ1) is 1.41. The van der Waals surface area contributed by atoms with E-state index in [2.05, 4.69) is 6.92 Å². The van der Waals surface area contributed by atoms with Crippen LogP contribution in [-0.2, 0) is 0 Å². The van der Waals surface area contributed by atoms with Crippen LogP contribution >= 0.6 is 0 Å². The quantitative estimate of drug-likeness (QED) is 0.356. The van der Waals surface area contributed by atoms with Crippen molar-refractivity contribution in [1.82, 2.24) is 0 Å².